The third kappa shape index (κ3) is 8.92. The van der Waals surface area contributed by atoms with Crippen molar-refractivity contribution in [1.82, 2.24) is 9.13 Å². The van der Waals surface area contributed by atoms with E-state index in [1.165, 1.54) is 77.0 Å². The highest BCUT2D eigenvalue weighted by Crippen LogP contribution is 2.45. The second kappa shape index (κ2) is 16.3. The van der Waals surface area contributed by atoms with Gasteiger partial charge in [0.15, 0.2) is 0 Å². The highest BCUT2D eigenvalue weighted by Gasteiger charge is 2.26. The van der Waals surface area contributed by atoms with Crippen LogP contribution in [0, 0.1) is 0 Å². The van der Waals surface area contributed by atoms with Gasteiger partial charge in [-0.15, -0.1) is 0 Å². The van der Waals surface area contributed by atoms with Crippen LogP contribution >= 0.6 is 0 Å². The summed E-state index contributed by atoms with van der Waals surface area (Å²) in [4.78, 5) is 2.47. The topological polar surface area (TPSA) is 13.1 Å². The van der Waals surface area contributed by atoms with Crippen molar-refractivity contribution in [3.8, 4) is 11.4 Å². The monoisotopic (exact) mass is 912 g/mol. The molecule has 9 rings (SSSR count). The lowest BCUT2D eigenvalue weighted by Crippen LogP contribution is -2.15. The molecule has 2 heterocycles. The van der Waals surface area contributed by atoms with E-state index in [1.807, 2.05) is 0 Å². The molecule has 0 atom stereocenters. The Morgan fingerprint density at radius 1 is 0.246 bits per heavy atom. The minimum Gasteiger partial charge on any atom is -0.310 e. The fraction of sp³-hybridized carbons (Fsp3) is 0.364. The first-order chi connectivity index (χ1) is 32.0. The lowest BCUT2D eigenvalue weighted by atomic mass is 9.85. The first kappa shape index (κ1) is 48.0. The molecule has 0 amide bonds. The Kier molecular flexibility index (Phi) is 11.3. The highest BCUT2D eigenvalue weighted by molar-refractivity contribution is 6.11. The molecule has 356 valence electrons. The van der Waals surface area contributed by atoms with Crippen LogP contribution in [0.15, 0.2) is 140 Å². The average molecular weight is 912 g/mol. The molecule has 0 aliphatic heterocycles. The molecular weight excluding hydrogens is 835 g/mol. The molecule has 0 aliphatic rings. The van der Waals surface area contributed by atoms with Gasteiger partial charge >= 0.3 is 0 Å². The quantitative estimate of drug-likeness (QED) is 0.168. The summed E-state index contributed by atoms with van der Waals surface area (Å²) >= 11 is 0. The van der Waals surface area contributed by atoms with E-state index in [2.05, 4.69) is 278 Å². The Balaban J connectivity index is 1.42. The molecule has 0 unspecified atom stereocenters. The summed E-state index contributed by atoms with van der Waals surface area (Å²) in [6, 6.07) is 54.5. The minimum absolute atomic E-state index is 0.000833. The van der Waals surface area contributed by atoms with Crippen molar-refractivity contribution in [2.24, 2.45) is 0 Å². The Hall–Kier alpha value is -6.06. The molecule has 0 saturated heterocycles. The lowest BCUT2D eigenvalue weighted by molar-refractivity contribution is 0.590. The van der Waals surface area contributed by atoms with E-state index in [0.717, 1.165) is 28.4 Å². The van der Waals surface area contributed by atoms with Crippen molar-refractivity contribution in [3.63, 3.8) is 0 Å². The third-order valence-electron chi connectivity index (χ3n) is 14.6. The Labute approximate surface area is 414 Å². The van der Waals surface area contributed by atoms with Crippen molar-refractivity contribution in [2.75, 3.05) is 4.90 Å². The molecule has 0 bridgehead atoms. The fourth-order valence-corrected chi connectivity index (χ4v) is 10.1. The standard InChI is InChI=1S/C66H77N3/c1-61(2,3)42-19-27-48(28-20-42)67(49-29-21-43(22-30-49)62(4,5)6)50-39-51(68-57-31-23-44(63(7,8)9)35-53(57)54-36-45(64(10,11)12)24-32-58(54)68)41-52(40-50)69-59-33-25-46(65(13,14)15)37-55(59)56-38-47(66(16,17)18)26-34-60(56)69/h19-41H,1-18H3. The molecule has 0 aliphatic carbocycles. The summed E-state index contributed by atoms with van der Waals surface area (Å²) in [5.74, 6) is 0. The van der Waals surface area contributed by atoms with Gasteiger partial charge in [-0.3, -0.25) is 0 Å². The molecule has 69 heavy (non-hydrogen) atoms. The average Bonchev–Trinajstić information content (AvgIpc) is 3.76. The largest absolute Gasteiger partial charge is 0.310 e. The molecule has 0 fully saturated rings. The molecule has 3 nitrogen and oxygen atoms in total. The van der Waals surface area contributed by atoms with Crippen molar-refractivity contribution in [2.45, 2.75) is 157 Å². The maximum absolute atomic E-state index is 2.53. The summed E-state index contributed by atoms with van der Waals surface area (Å²) in [5, 5.41) is 5.13. The minimum atomic E-state index is -0.000833. The number of nitrogens with zero attached hydrogens (tertiary/aromatic N) is 3. The van der Waals surface area contributed by atoms with Crippen LogP contribution in [0.2, 0.25) is 0 Å². The third-order valence-corrected chi connectivity index (χ3v) is 14.6. The van der Waals surface area contributed by atoms with E-state index in [1.54, 1.807) is 0 Å². The van der Waals surface area contributed by atoms with Crippen LogP contribution in [-0.2, 0) is 32.5 Å². The van der Waals surface area contributed by atoms with E-state index in [-0.39, 0.29) is 32.5 Å². The first-order valence-corrected chi connectivity index (χ1v) is 25.3. The van der Waals surface area contributed by atoms with Crippen LogP contribution in [0.4, 0.5) is 17.1 Å². The number of aromatic nitrogens is 2. The summed E-state index contributed by atoms with van der Waals surface area (Å²) in [7, 11) is 0. The second-order valence-corrected chi connectivity index (χ2v) is 26.2. The number of anilines is 3. The molecule has 0 spiro atoms. The zero-order valence-electron chi connectivity index (χ0n) is 45.1. The molecule has 3 heteroatoms. The molecule has 7 aromatic carbocycles. The van der Waals surface area contributed by atoms with Crippen LogP contribution < -0.4 is 4.90 Å². The van der Waals surface area contributed by atoms with E-state index in [0.29, 0.717) is 0 Å². The van der Waals surface area contributed by atoms with Gasteiger partial charge in [-0.1, -0.05) is 173 Å². The van der Waals surface area contributed by atoms with Gasteiger partial charge in [0.2, 0.25) is 0 Å². The maximum atomic E-state index is 2.53. The van der Waals surface area contributed by atoms with Gasteiger partial charge < -0.3 is 14.0 Å². The van der Waals surface area contributed by atoms with Gasteiger partial charge in [-0.2, -0.15) is 0 Å². The number of hydrogen-bond donors (Lipinski definition) is 0. The lowest BCUT2D eigenvalue weighted by Gasteiger charge is -2.29. The number of hydrogen-bond acceptors (Lipinski definition) is 1. The van der Waals surface area contributed by atoms with Crippen LogP contribution in [0.3, 0.4) is 0 Å². The summed E-state index contributed by atoms with van der Waals surface area (Å²) in [5.41, 5.74) is 18.4. The van der Waals surface area contributed by atoms with Gasteiger partial charge in [0.1, 0.15) is 0 Å². The Bertz CT molecular complexity index is 3030. The zero-order valence-corrected chi connectivity index (χ0v) is 45.1. The molecule has 0 radical (unpaired) electrons. The van der Waals surface area contributed by atoms with Crippen molar-refractivity contribution in [1.29, 1.82) is 0 Å². The SMILES string of the molecule is CC(C)(C)c1ccc(N(c2ccc(C(C)(C)C)cc2)c2cc(-n3c4ccc(C(C)(C)C)cc4c4cc(C(C)(C)C)ccc43)cc(-n3c4ccc(C(C)(C)C)cc4c4cc(C(C)(C)C)ccc43)c2)cc1. The van der Waals surface area contributed by atoms with Gasteiger partial charge in [0, 0.05) is 32.9 Å². The van der Waals surface area contributed by atoms with Crippen LogP contribution in [0.5, 0.6) is 0 Å². The molecule has 9 aromatic rings. The van der Waals surface area contributed by atoms with Crippen molar-refractivity contribution >= 4 is 60.7 Å². The summed E-state index contributed by atoms with van der Waals surface area (Å²) < 4.78 is 5.06. The van der Waals surface area contributed by atoms with E-state index >= 15 is 0 Å². The van der Waals surface area contributed by atoms with E-state index < -0.39 is 0 Å². The number of fused-ring (bicyclic) bond motifs is 6. The van der Waals surface area contributed by atoms with Gasteiger partial charge in [-0.05, 0) is 157 Å². The van der Waals surface area contributed by atoms with Gasteiger partial charge in [0.05, 0.1) is 39.1 Å². The predicted molar refractivity (Wildman–Crippen MR) is 302 cm³/mol. The number of benzene rings is 7. The Morgan fingerprint density at radius 3 is 0.710 bits per heavy atom. The van der Waals surface area contributed by atoms with Crippen LogP contribution in [-0.4, -0.2) is 9.13 Å². The van der Waals surface area contributed by atoms with Crippen LogP contribution in [0.1, 0.15) is 158 Å². The van der Waals surface area contributed by atoms with Crippen molar-refractivity contribution in [3.05, 3.63) is 173 Å². The molecule has 0 N–H and O–H groups in total. The van der Waals surface area contributed by atoms with Crippen LogP contribution in [0.25, 0.3) is 55.0 Å². The molecule has 0 saturated carbocycles. The number of rotatable bonds is 5. The normalized spacial score (nSPS) is 13.4. The van der Waals surface area contributed by atoms with Gasteiger partial charge in [0.25, 0.3) is 0 Å². The zero-order chi connectivity index (χ0) is 50.0. The summed E-state index contributed by atoms with van der Waals surface area (Å²) in [6.07, 6.45) is 0. The smallest absolute Gasteiger partial charge is 0.0541 e. The highest BCUT2D eigenvalue weighted by atomic mass is 15.1. The van der Waals surface area contributed by atoms with E-state index in [4.69, 9.17) is 0 Å². The van der Waals surface area contributed by atoms with Gasteiger partial charge in [-0.25, -0.2) is 0 Å². The molecular formula is C66H77N3. The maximum Gasteiger partial charge on any atom is 0.0541 e. The first-order valence-electron chi connectivity index (χ1n) is 25.3. The fourth-order valence-electron chi connectivity index (χ4n) is 10.1. The van der Waals surface area contributed by atoms with E-state index in [9.17, 15) is 0 Å². The van der Waals surface area contributed by atoms with Crippen molar-refractivity contribution < 1.29 is 0 Å². The molecule has 2 aromatic heterocycles. The Morgan fingerprint density at radius 2 is 0.478 bits per heavy atom. The second-order valence-electron chi connectivity index (χ2n) is 26.2. The summed E-state index contributed by atoms with van der Waals surface area (Å²) in [6.45, 7) is 41.6. The predicted octanol–water partition coefficient (Wildman–Crippen LogP) is 19.1.